The summed E-state index contributed by atoms with van der Waals surface area (Å²) in [5, 5.41) is 2.96. The van der Waals surface area contributed by atoms with Gasteiger partial charge in [0.25, 0.3) is 0 Å². The van der Waals surface area contributed by atoms with Gasteiger partial charge >= 0.3 is 6.03 Å². The van der Waals surface area contributed by atoms with Gasteiger partial charge in [-0.2, -0.15) is 0 Å². The van der Waals surface area contributed by atoms with Gasteiger partial charge in [0.1, 0.15) is 11.9 Å². The molecule has 0 aromatic heterocycles. The first kappa shape index (κ1) is 13.2. The molecule has 2 heterocycles. The van der Waals surface area contributed by atoms with Gasteiger partial charge in [0.2, 0.25) is 0 Å². The Morgan fingerprint density at radius 1 is 1.45 bits per heavy atom. The molecule has 3 rings (SSSR count). The quantitative estimate of drug-likeness (QED) is 0.900. The molecule has 2 atom stereocenters. The van der Waals surface area contributed by atoms with Crippen LogP contribution in [-0.2, 0) is 4.74 Å². The molecule has 2 aliphatic rings. The second-order valence-electron chi connectivity index (χ2n) is 5.33. The lowest BCUT2D eigenvalue weighted by molar-refractivity contribution is 0.111. The van der Waals surface area contributed by atoms with Gasteiger partial charge in [-0.25, -0.2) is 4.79 Å². The molecule has 20 heavy (non-hydrogen) atoms. The van der Waals surface area contributed by atoms with Crippen molar-refractivity contribution in [1.82, 2.24) is 5.32 Å². The van der Waals surface area contributed by atoms with E-state index in [0.29, 0.717) is 13.1 Å². The molecule has 1 aromatic carbocycles. The van der Waals surface area contributed by atoms with Crippen molar-refractivity contribution >= 4 is 11.7 Å². The first-order chi connectivity index (χ1) is 9.74. The van der Waals surface area contributed by atoms with Crippen molar-refractivity contribution in [3.63, 3.8) is 0 Å². The second kappa shape index (κ2) is 5.71. The zero-order valence-corrected chi connectivity index (χ0v) is 11.7. The zero-order chi connectivity index (χ0) is 13.9. The maximum atomic E-state index is 12.4. The summed E-state index contributed by atoms with van der Waals surface area (Å²) < 4.78 is 11.3. The molecule has 1 N–H and O–H groups in total. The number of nitrogens with zero attached hydrogens (tertiary/aromatic N) is 1. The van der Waals surface area contributed by atoms with Crippen LogP contribution in [0.1, 0.15) is 19.8 Å². The van der Waals surface area contributed by atoms with Crippen LogP contribution in [0.4, 0.5) is 10.5 Å². The predicted octanol–water partition coefficient (Wildman–Crippen LogP) is 2.16. The summed E-state index contributed by atoms with van der Waals surface area (Å²) in [7, 11) is 0. The number of hydrogen-bond acceptors (Lipinski definition) is 3. The molecule has 1 saturated heterocycles. The van der Waals surface area contributed by atoms with Gasteiger partial charge in [0, 0.05) is 13.2 Å². The molecular weight excluding hydrogens is 256 g/mol. The van der Waals surface area contributed by atoms with Crippen LogP contribution in [0, 0.1) is 0 Å². The lowest BCUT2D eigenvalue weighted by Crippen LogP contribution is -2.48. The number of urea groups is 1. The van der Waals surface area contributed by atoms with Gasteiger partial charge in [-0.3, -0.25) is 4.90 Å². The van der Waals surface area contributed by atoms with E-state index < -0.39 is 0 Å². The zero-order valence-electron chi connectivity index (χ0n) is 11.7. The van der Waals surface area contributed by atoms with Crippen molar-refractivity contribution in [2.75, 3.05) is 24.6 Å². The topological polar surface area (TPSA) is 50.8 Å². The summed E-state index contributed by atoms with van der Waals surface area (Å²) in [6, 6.07) is 7.55. The Bertz CT molecular complexity index is 486. The van der Waals surface area contributed by atoms with E-state index in [-0.39, 0.29) is 18.2 Å². The Labute approximate surface area is 118 Å². The van der Waals surface area contributed by atoms with Crippen LogP contribution in [-0.4, -0.2) is 37.9 Å². The van der Waals surface area contributed by atoms with Crippen LogP contribution < -0.4 is 15.0 Å². The monoisotopic (exact) mass is 276 g/mol. The molecule has 0 spiro atoms. The number of hydrogen-bond donors (Lipinski definition) is 1. The molecule has 0 aliphatic carbocycles. The molecule has 1 fully saturated rings. The van der Waals surface area contributed by atoms with E-state index in [1.54, 1.807) is 4.90 Å². The Hall–Kier alpha value is -1.75. The van der Waals surface area contributed by atoms with E-state index in [4.69, 9.17) is 9.47 Å². The largest absolute Gasteiger partial charge is 0.487 e. The van der Waals surface area contributed by atoms with E-state index in [1.165, 1.54) is 0 Å². The molecule has 0 saturated carbocycles. The van der Waals surface area contributed by atoms with Gasteiger partial charge in [0.05, 0.1) is 18.3 Å². The van der Waals surface area contributed by atoms with Crippen molar-refractivity contribution in [1.29, 1.82) is 0 Å². The third-order valence-corrected chi connectivity index (χ3v) is 3.67. The van der Waals surface area contributed by atoms with E-state index in [1.807, 2.05) is 31.2 Å². The molecule has 0 radical (unpaired) electrons. The number of fused-ring (bicyclic) bond motifs is 1. The Balaban J connectivity index is 1.67. The normalized spacial score (nSPS) is 24.9. The van der Waals surface area contributed by atoms with Gasteiger partial charge in [-0.15, -0.1) is 0 Å². The molecule has 5 nitrogen and oxygen atoms in total. The number of rotatable bonds is 2. The van der Waals surface area contributed by atoms with Gasteiger partial charge in [-0.1, -0.05) is 12.1 Å². The smallest absolute Gasteiger partial charge is 0.322 e. The predicted molar refractivity (Wildman–Crippen MR) is 76.3 cm³/mol. The summed E-state index contributed by atoms with van der Waals surface area (Å²) in [5.74, 6) is 0.763. The van der Waals surface area contributed by atoms with Crippen LogP contribution in [0.3, 0.4) is 0 Å². The Kier molecular flexibility index (Phi) is 3.78. The minimum atomic E-state index is -0.0805. The standard InChI is InChI=1S/C15H20N2O3/c1-11-10-17(13-6-2-3-7-14(13)20-11)15(18)16-9-12-5-4-8-19-12/h2-3,6-7,11-12H,4-5,8-10H2,1H3,(H,16,18)/t11-,12+/m1/s1. The van der Waals surface area contributed by atoms with Crippen molar-refractivity contribution in [3.05, 3.63) is 24.3 Å². The SMILES string of the molecule is C[C@@H]1CN(C(=O)NC[C@@H]2CCCO2)c2ccccc2O1. The molecule has 5 heteroatoms. The van der Waals surface area contributed by atoms with Crippen LogP contribution in [0.5, 0.6) is 5.75 Å². The highest BCUT2D eigenvalue weighted by atomic mass is 16.5. The van der Waals surface area contributed by atoms with Crippen LogP contribution >= 0.6 is 0 Å². The Morgan fingerprint density at radius 3 is 3.10 bits per heavy atom. The maximum Gasteiger partial charge on any atom is 0.322 e. The highest BCUT2D eigenvalue weighted by Gasteiger charge is 2.27. The lowest BCUT2D eigenvalue weighted by atomic mass is 10.2. The fourth-order valence-electron chi connectivity index (χ4n) is 2.68. The van der Waals surface area contributed by atoms with E-state index >= 15 is 0 Å². The average molecular weight is 276 g/mol. The van der Waals surface area contributed by atoms with Crippen LogP contribution in [0.2, 0.25) is 0 Å². The second-order valence-corrected chi connectivity index (χ2v) is 5.33. The van der Waals surface area contributed by atoms with E-state index in [0.717, 1.165) is 30.9 Å². The fraction of sp³-hybridized carbons (Fsp3) is 0.533. The first-order valence-electron chi connectivity index (χ1n) is 7.16. The molecule has 0 bridgehead atoms. The number of carbonyl (C=O) groups excluding carboxylic acids is 1. The lowest BCUT2D eigenvalue weighted by Gasteiger charge is -2.33. The van der Waals surface area contributed by atoms with Crippen LogP contribution in [0.15, 0.2) is 24.3 Å². The van der Waals surface area contributed by atoms with Gasteiger partial charge < -0.3 is 14.8 Å². The summed E-state index contributed by atoms with van der Waals surface area (Å²) in [4.78, 5) is 14.1. The third kappa shape index (κ3) is 2.72. The van der Waals surface area contributed by atoms with Crippen molar-refractivity contribution in [2.45, 2.75) is 32.0 Å². The molecule has 1 aromatic rings. The van der Waals surface area contributed by atoms with Crippen LogP contribution in [0.25, 0.3) is 0 Å². The number of ether oxygens (including phenoxy) is 2. The highest BCUT2D eigenvalue weighted by molar-refractivity contribution is 5.94. The maximum absolute atomic E-state index is 12.4. The number of benzene rings is 1. The average Bonchev–Trinajstić information content (AvgIpc) is 2.97. The summed E-state index contributed by atoms with van der Waals surface area (Å²) in [5.41, 5.74) is 0.829. The van der Waals surface area contributed by atoms with Crippen molar-refractivity contribution in [2.24, 2.45) is 0 Å². The highest BCUT2D eigenvalue weighted by Crippen LogP contribution is 2.32. The number of nitrogens with one attached hydrogen (secondary N) is 1. The molecular formula is C15H20N2O3. The number of amides is 2. The third-order valence-electron chi connectivity index (χ3n) is 3.67. The van der Waals surface area contributed by atoms with Crippen molar-refractivity contribution < 1.29 is 14.3 Å². The van der Waals surface area contributed by atoms with Gasteiger partial charge in [0.15, 0.2) is 0 Å². The number of carbonyl (C=O) groups is 1. The summed E-state index contributed by atoms with van der Waals surface area (Å²) in [6.45, 7) is 3.91. The first-order valence-corrected chi connectivity index (χ1v) is 7.16. The molecule has 2 amide bonds. The summed E-state index contributed by atoms with van der Waals surface area (Å²) >= 11 is 0. The minimum absolute atomic E-state index is 0.00150. The summed E-state index contributed by atoms with van der Waals surface area (Å²) in [6.07, 6.45) is 2.26. The molecule has 0 unspecified atom stereocenters. The van der Waals surface area contributed by atoms with E-state index in [2.05, 4.69) is 5.32 Å². The van der Waals surface area contributed by atoms with Gasteiger partial charge in [-0.05, 0) is 31.9 Å². The number of para-hydroxylation sites is 2. The minimum Gasteiger partial charge on any atom is -0.487 e. The Morgan fingerprint density at radius 2 is 2.30 bits per heavy atom. The molecule has 108 valence electrons. The number of anilines is 1. The molecule has 2 aliphatic heterocycles. The fourth-order valence-corrected chi connectivity index (χ4v) is 2.68. The van der Waals surface area contributed by atoms with Crippen molar-refractivity contribution in [3.8, 4) is 5.75 Å². The van der Waals surface area contributed by atoms with E-state index in [9.17, 15) is 4.79 Å².